The lowest BCUT2D eigenvalue weighted by Gasteiger charge is -2.27. The number of hydrogen-bond acceptors (Lipinski definition) is 5. The maximum Gasteiger partial charge on any atom is 0.122 e. The Morgan fingerprint density at radius 2 is 1.82 bits per heavy atom. The van der Waals surface area contributed by atoms with Crippen LogP contribution >= 0.6 is 0 Å². The fraction of sp³-hybridized carbons (Fsp3) is 0.464. The van der Waals surface area contributed by atoms with E-state index in [0.717, 1.165) is 61.9 Å². The molecule has 0 aliphatic carbocycles. The Kier molecular flexibility index (Phi) is 7.91. The van der Waals surface area contributed by atoms with E-state index in [-0.39, 0.29) is 0 Å². The van der Waals surface area contributed by atoms with Crippen LogP contribution in [0.2, 0.25) is 0 Å². The number of aliphatic hydroxyl groups is 1. The number of benzene rings is 2. The highest BCUT2D eigenvalue weighted by molar-refractivity contribution is 5.35. The predicted octanol–water partition coefficient (Wildman–Crippen LogP) is 4.68. The van der Waals surface area contributed by atoms with Crippen LogP contribution in [0, 0.1) is 20.8 Å². The van der Waals surface area contributed by atoms with Crippen molar-refractivity contribution in [2.24, 2.45) is 0 Å². The van der Waals surface area contributed by atoms with Gasteiger partial charge in [0.05, 0.1) is 12.1 Å². The number of imidazole rings is 1. The molecule has 1 aromatic heterocycles. The zero-order valence-corrected chi connectivity index (χ0v) is 20.7. The van der Waals surface area contributed by atoms with Gasteiger partial charge in [-0.2, -0.15) is 0 Å². The summed E-state index contributed by atoms with van der Waals surface area (Å²) in [5, 5.41) is 11.2. The van der Waals surface area contributed by atoms with E-state index in [1.807, 2.05) is 37.5 Å². The largest absolute Gasteiger partial charge is 0.492 e. The first-order valence-electron chi connectivity index (χ1n) is 12.2. The van der Waals surface area contributed by atoms with E-state index in [1.54, 1.807) is 0 Å². The third-order valence-corrected chi connectivity index (χ3v) is 6.69. The Morgan fingerprint density at radius 3 is 2.56 bits per heavy atom. The average Bonchev–Trinajstić information content (AvgIpc) is 3.13. The Hall–Kier alpha value is -2.83. The second-order valence-electron chi connectivity index (χ2n) is 9.57. The molecule has 0 amide bonds. The summed E-state index contributed by atoms with van der Waals surface area (Å²) in [6.45, 7) is 10.6. The Morgan fingerprint density at radius 1 is 1.00 bits per heavy atom. The van der Waals surface area contributed by atoms with Gasteiger partial charge in [0.15, 0.2) is 0 Å². The van der Waals surface area contributed by atoms with Crippen molar-refractivity contribution in [3.63, 3.8) is 0 Å². The predicted molar refractivity (Wildman–Crippen MR) is 134 cm³/mol. The molecule has 1 atom stereocenters. The molecule has 2 heterocycles. The number of nitrogens with zero attached hydrogens (tertiary/aromatic N) is 3. The van der Waals surface area contributed by atoms with Gasteiger partial charge < -0.3 is 19.1 Å². The second kappa shape index (κ2) is 11.1. The minimum Gasteiger partial charge on any atom is -0.492 e. The lowest BCUT2D eigenvalue weighted by molar-refractivity contribution is -0.0170. The first-order chi connectivity index (χ1) is 16.4. The summed E-state index contributed by atoms with van der Waals surface area (Å²) in [6, 6.07) is 14.5. The van der Waals surface area contributed by atoms with Crippen LogP contribution in [0.5, 0.6) is 11.5 Å². The molecule has 0 spiro atoms. The van der Waals surface area contributed by atoms with Crippen LogP contribution in [0.25, 0.3) is 0 Å². The molecule has 182 valence electrons. The highest BCUT2D eigenvalue weighted by Crippen LogP contribution is 2.26. The molecule has 6 heteroatoms. The van der Waals surface area contributed by atoms with E-state index >= 15 is 0 Å². The van der Waals surface area contributed by atoms with Crippen molar-refractivity contribution >= 4 is 0 Å². The normalized spacial score (nSPS) is 19.1. The van der Waals surface area contributed by atoms with Crippen molar-refractivity contribution in [3.8, 4) is 11.5 Å². The molecule has 1 fully saturated rings. The fourth-order valence-corrected chi connectivity index (χ4v) is 4.56. The Bertz CT molecular complexity index is 1060. The van der Waals surface area contributed by atoms with Crippen LogP contribution in [-0.2, 0) is 13.1 Å². The van der Waals surface area contributed by atoms with Crippen molar-refractivity contribution < 1.29 is 14.6 Å². The van der Waals surface area contributed by atoms with Gasteiger partial charge in [-0.25, -0.2) is 4.98 Å². The highest BCUT2D eigenvalue weighted by atomic mass is 16.5. The standard InChI is InChI=1S/C28H37N3O3/c1-22-5-10-27(23(2)19-22)34-21-28(32)11-4-14-30(15-12-28)20-25-6-8-26(9-7-25)33-18-17-31-16-13-29-24(31)3/h5-10,13,16,19,32H,4,11-12,14-15,17-18,20-21H2,1-3H3/t28-/m1/s1. The van der Waals surface area contributed by atoms with Crippen LogP contribution in [0.15, 0.2) is 54.9 Å². The van der Waals surface area contributed by atoms with Crippen LogP contribution < -0.4 is 9.47 Å². The summed E-state index contributed by atoms with van der Waals surface area (Å²) in [5.41, 5.74) is 2.81. The lowest BCUT2D eigenvalue weighted by Crippen LogP contribution is -2.37. The number of rotatable bonds is 9. The Balaban J connectivity index is 1.23. The molecule has 0 unspecified atom stereocenters. The average molecular weight is 464 g/mol. The Labute approximate surface area is 203 Å². The first kappa shape index (κ1) is 24.3. The quantitative estimate of drug-likeness (QED) is 0.499. The van der Waals surface area contributed by atoms with Gasteiger partial charge >= 0.3 is 0 Å². The molecular formula is C28H37N3O3. The number of ether oxygens (including phenoxy) is 2. The smallest absolute Gasteiger partial charge is 0.122 e. The molecule has 1 saturated heterocycles. The van der Waals surface area contributed by atoms with Gasteiger partial charge in [-0.15, -0.1) is 0 Å². The molecule has 1 aliphatic heterocycles. The molecule has 3 aromatic rings. The van der Waals surface area contributed by atoms with Crippen molar-refractivity contribution in [2.45, 2.75) is 58.7 Å². The molecular weight excluding hydrogens is 426 g/mol. The molecule has 1 aliphatic rings. The van der Waals surface area contributed by atoms with E-state index in [0.29, 0.717) is 19.6 Å². The van der Waals surface area contributed by atoms with Gasteiger partial charge in [0.25, 0.3) is 0 Å². The number of likely N-dealkylation sites (tertiary alicyclic amines) is 1. The van der Waals surface area contributed by atoms with E-state index in [2.05, 4.69) is 52.6 Å². The van der Waals surface area contributed by atoms with Crippen molar-refractivity contribution in [1.82, 2.24) is 14.5 Å². The van der Waals surface area contributed by atoms with Crippen LogP contribution in [0.4, 0.5) is 0 Å². The van der Waals surface area contributed by atoms with Crippen molar-refractivity contribution in [1.29, 1.82) is 0 Å². The van der Waals surface area contributed by atoms with E-state index < -0.39 is 5.60 Å². The summed E-state index contributed by atoms with van der Waals surface area (Å²) in [4.78, 5) is 6.66. The summed E-state index contributed by atoms with van der Waals surface area (Å²) in [6.07, 6.45) is 6.22. The van der Waals surface area contributed by atoms with Gasteiger partial charge in [-0.05, 0) is 75.9 Å². The SMILES string of the molecule is Cc1ccc(OC[C@@]2(O)CCCN(Cc3ccc(OCCn4ccnc4C)cc3)CC2)c(C)c1. The van der Waals surface area contributed by atoms with Crippen molar-refractivity contribution in [2.75, 3.05) is 26.3 Å². The third kappa shape index (κ3) is 6.61. The molecule has 0 saturated carbocycles. The maximum absolute atomic E-state index is 11.2. The summed E-state index contributed by atoms with van der Waals surface area (Å²) in [7, 11) is 0. The van der Waals surface area contributed by atoms with Crippen LogP contribution in [0.1, 0.15) is 41.8 Å². The lowest BCUT2D eigenvalue weighted by atomic mass is 9.96. The zero-order chi connectivity index (χ0) is 24.0. The second-order valence-corrected chi connectivity index (χ2v) is 9.57. The fourth-order valence-electron chi connectivity index (χ4n) is 4.56. The maximum atomic E-state index is 11.2. The molecule has 34 heavy (non-hydrogen) atoms. The number of aromatic nitrogens is 2. The third-order valence-electron chi connectivity index (χ3n) is 6.69. The monoisotopic (exact) mass is 463 g/mol. The van der Waals surface area contributed by atoms with Crippen molar-refractivity contribution in [3.05, 3.63) is 77.4 Å². The number of aryl methyl sites for hydroxylation is 3. The molecule has 2 aromatic carbocycles. The molecule has 0 bridgehead atoms. The van der Waals surface area contributed by atoms with Gasteiger partial charge in [-0.3, -0.25) is 4.90 Å². The molecule has 0 radical (unpaired) electrons. The highest BCUT2D eigenvalue weighted by Gasteiger charge is 2.31. The topological polar surface area (TPSA) is 59.8 Å². The van der Waals surface area contributed by atoms with Gasteiger partial charge in [0.2, 0.25) is 0 Å². The summed E-state index contributed by atoms with van der Waals surface area (Å²) < 4.78 is 14.0. The van der Waals surface area contributed by atoms with Crippen LogP contribution in [0.3, 0.4) is 0 Å². The summed E-state index contributed by atoms with van der Waals surface area (Å²) in [5.74, 6) is 2.75. The van der Waals surface area contributed by atoms with Gasteiger partial charge in [0, 0.05) is 25.5 Å². The minimum absolute atomic E-state index is 0.343. The van der Waals surface area contributed by atoms with Gasteiger partial charge in [-0.1, -0.05) is 29.8 Å². The van der Waals surface area contributed by atoms with Crippen LogP contribution in [-0.4, -0.2) is 51.5 Å². The van der Waals surface area contributed by atoms with E-state index in [1.165, 1.54) is 11.1 Å². The molecule has 1 N–H and O–H groups in total. The van der Waals surface area contributed by atoms with E-state index in [4.69, 9.17) is 9.47 Å². The number of hydrogen-bond donors (Lipinski definition) is 1. The molecule has 6 nitrogen and oxygen atoms in total. The molecule has 4 rings (SSSR count). The van der Waals surface area contributed by atoms with Gasteiger partial charge in [0.1, 0.15) is 30.5 Å². The minimum atomic E-state index is -0.780. The zero-order valence-electron chi connectivity index (χ0n) is 20.7. The van der Waals surface area contributed by atoms with E-state index in [9.17, 15) is 5.11 Å². The first-order valence-corrected chi connectivity index (χ1v) is 12.2. The summed E-state index contributed by atoms with van der Waals surface area (Å²) >= 11 is 0.